The van der Waals surface area contributed by atoms with Crippen LogP contribution in [-0.2, 0) is 12.4 Å². The Morgan fingerprint density at radius 3 is 1.75 bits per heavy atom. The standard InChI is InChI=1S/C12H11F6NO/c1-6(19)2-10(20)7-3-8(11(13,14)15)5-9(4-7)12(16,17)18/h3-6H,2,19H2,1H3. The summed E-state index contributed by atoms with van der Waals surface area (Å²) in [4.78, 5) is 11.6. The van der Waals surface area contributed by atoms with Crippen LogP contribution in [0.15, 0.2) is 18.2 Å². The van der Waals surface area contributed by atoms with E-state index in [9.17, 15) is 31.1 Å². The quantitative estimate of drug-likeness (QED) is 0.684. The minimum atomic E-state index is -4.97. The molecule has 1 aromatic carbocycles. The zero-order valence-corrected chi connectivity index (χ0v) is 10.3. The van der Waals surface area contributed by atoms with Crippen molar-refractivity contribution >= 4 is 5.78 Å². The summed E-state index contributed by atoms with van der Waals surface area (Å²) in [5.41, 5.74) is 1.64. The van der Waals surface area contributed by atoms with Gasteiger partial charge in [-0.3, -0.25) is 4.79 Å². The van der Waals surface area contributed by atoms with Crippen LogP contribution in [0.1, 0.15) is 34.8 Å². The van der Waals surface area contributed by atoms with Crippen molar-refractivity contribution in [1.82, 2.24) is 0 Å². The van der Waals surface area contributed by atoms with Gasteiger partial charge in [0, 0.05) is 18.0 Å². The average Bonchev–Trinajstić information content (AvgIpc) is 2.25. The summed E-state index contributed by atoms with van der Waals surface area (Å²) in [5.74, 6) is -0.864. The number of halogens is 6. The first-order valence-corrected chi connectivity index (χ1v) is 5.49. The molecule has 0 aliphatic rings. The molecule has 1 aromatic rings. The molecule has 1 rings (SSSR count). The summed E-state index contributed by atoms with van der Waals surface area (Å²) < 4.78 is 75.4. The van der Waals surface area contributed by atoms with E-state index in [1.165, 1.54) is 6.92 Å². The molecule has 0 spiro atoms. The van der Waals surface area contributed by atoms with Crippen LogP contribution in [0.5, 0.6) is 0 Å². The SMILES string of the molecule is CC(N)CC(=O)c1cc(C(F)(F)F)cc(C(F)(F)F)c1. The molecule has 0 amide bonds. The van der Waals surface area contributed by atoms with Crippen LogP contribution in [0.25, 0.3) is 0 Å². The number of benzene rings is 1. The van der Waals surface area contributed by atoms with E-state index in [0.29, 0.717) is 12.1 Å². The highest BCUT2D eigenvalue weighted by molar-refractivity contribution is 5.96. The molecular formula is C12H11F6NO. The Balaban J connectivity index is 3.35. The van der Waals surface area contributed by atoms with Crippen LogP contribution in [0, 0.1) is 0 Å². The Morgan fingerprint density at radius 2 is 1.45 bits per heavy atom. The van der Waals surface area contributed by atoms with Crippen LogP contribution in [0.3, 0.4) is 0 Å². The number of Topliss-reactive ketones (excluding diaryl/α,β-unsaturated/α-hetero) is 1. The van der Waals surface area contributed by atoms with Gasteiger partial charge in [0.1, 0.15) is 0 Å². The fraction of sp³-hybridized carbons (Fsp3) is 0.417. The number of carbonyl (C=O) groups is 1. The molecule has 0 heterocycles. The molecule has 0 aliphatic carbocycles. The zero-order valence-electron chi connectivity index (χ0n) is 10.3. The van der Waals surface area contributed by atoms with Crippen molar-refractivity contribution in [1.29, 1.82) is 0 Å². The topological polar surface area (TPSA) is 43.1 Å². The number of hydrogen-bond acceptors (Lipinski definition) is 2. The molecule has 2 N–H and O–H groups in total. The first kappa shape index (κ1) is 16.5. The zero-order chi connectivity index (χ0) is 15.7. The molecule has 8 heteroatoms. The molecule has 0 bridgehead atoms. The minimum Gasteiger partial charge on any atom is -0.328 e. The number of alkyl halides is 6. The van der Waals surface area contributed by atoms with Gasteiger partial charge in [0.15, 0.2) is 5.78 Å². The monoisotopic (exact) mass is 299 g/mol. The van der Waals surface area contributed by atoms with E-state index in [1.807, 2.05) is 0 Å². The van der Waals surface area contributed by atoms with Gasteiger partial charge in [-0.2, -0.15) is 26.3 Å². The van der Waals surface area contributed by atoms with Crippen LogP contribution in [0.4, 0.5) is 26.3 Å². The summed E-state index contributed by atoms with van der Waals surface area (Å²) in [6.45, 7) is 1.43. The minimum absolute atomic E-state index is 0.0251. The van der Waals surface area contributed by atoms with Gasteiger partial charge in [-0.1, -0.05) is 0 Å². The van der Waals surface area contributed by atoms with Crippen LogP contribution in [-0.4, -0.2) is 11.8 Å². The highest BCUT2D eigenvalue weighted by Crippen LogP contribution is 2.36. The van der Waals surface area contributed by atoms with Crippen molar-refractivity contribution in [2.24, 2.45) is 5.73 Å². The fourth-order valence-electron chi connectivity index (χ4n) is 1.53. The average molecular weight is 299 g/mol. The molecule has 0 saturated carbocycles. The van der Waals surface area contributed by atoms with Crippen LogP contribution in [0.2, 0.25) is 0 Å². The maximum Gasteiger partial charge on any atom is 0.416 e. The van der Waals surface area contributed by atoms with Gasteiger partial charge in [0.05, 0.1) is 11.1 Å². The lowest BCUT2D eigenvalue weighted by Crippen LogP contribution is -2.20. The third-order valence-corrected chi connectivity index (χ3v) is 2.42. The molecule has 0 aromatic heterocycles. The van der Waals surface area contributed by atoms with Crippen molar-refractivity contribution < 1.29 is 31.1 Å². The molecule has 0 fully saturated rings. The van der Waals surface area contributed by atoms with E-state index in [4.69, 9.17) is 5.73 Å². The summed E-state index contributed by atoms with van der Waals surface area (Å²) in [7, 11) is 0. The van der Waals surface area contributed by atoms with Crippen LogP contribution < -0.4 is 5.73 Å². The molecule has 0 saturated heterocycles. The summed E-state index contributed by atoms with van der Waals surface area (Å²) in [6, 6.07) is 0.120. The number of carbonyl (C=O) groups excluding carboxylic acids is 1. The van der Waals surface area contributed by atoms with Gasteiger partial charge in [0.2, 0.25) is 0 Å². The van der Waals surface area contributed by atoms with E-state index in [-0.39, 0.29) is 12.5 Å². The molecular weight excluding hydrogens is 288 g/mol. The second-order valence-corrected chi connectivity index (χ2v) is 4.40. The number of nitrogens with two attached hydrogens (primary N) is 1. The Kier molecular flexibility index (Phi) is 4.48. The molecule has 0 aliphatic heterocycles. The first-order valence-electron chi connectivity index (χ1n) is 5.49. The third-order valence-electron chi connectivity index (χ3n) is 2.42. The van der Waals surface area contributed by atoms with E-state index >= 15 is 0 Å². The van der Waals surface area contributed by atoms with Gasteiger partial charge < -0.3 is 5.73 Å². The van der Waals surface area contributed by atoms with Crippen molar-refractivity contribution in [3.05, 3.63) is 34.9 Å². The van der Waals surface area contributed by atoms with E-state index in [0.717, 1.165) is 0 Å². The van der Waals surface area contributed by atoms with Gasteiger partial charge in [-0.15, -0.1) is 0 Å². The van der Waals surface area contributed by atoms with E-state index < -0.39 is 40.9 Å². The second kappa shape index (κ2) is 5.43. The van der Waals surface area contributed by atoms with Crippen LogP contribution >= 0.6 is 0 Å². The molecule has 1 atom stereocenters. The van der Waals surface area contributed by atoms with Gasteiger partial charge in [0.25, 0.3) is 0 Å². The molecule has 0 radical (unpaired) electrons. The predicted molar refractivity (Wildman–Crippen MR) is 59.0 cm³/mol. The lowest BCUT2D eigenvalue weighted by Gasteiger charge is -2.14. The number of rotatable bonds is 3. The molecule has 20 heavy (non-hydrogen) atoms. The number of hydrogen-bond donors (Lipinski definition) is 1. The maximum absolute atomic E-state index is 12.6. The van der Waals surface area contributed by atoms with Gasteiger partial charge in [-0.25, -0.2) is 0 Å². The summed E-state index contributed by atoms with van der Waals surface area (Å²) >= 11 is 0. The second-order valence-electron chi connectivity index (χ2n) is 4.40. The van der Waals surface area contributed by atoms with E-state index in [2.05, 4.69) is 0 Å². The van der Waals surface area contributed by atoms with Crippen molar-refractivity contribution in [2.75, 3.05) is 0 Å². The Labute approximate surface area is 110 Å². The van der Waals surface area contributed by atoms with E-state index in [1.54, 1.807) is 0 Å². The summed E-state index contributed by atoms with van der Waals surface area (Å²) in [6.07, 6.45) is -10.3. The first-order chi connectivity index (χ1) is 8.91. The largest absolute Gasteiger partial charge is 0.416 e. The molecule has 2 nitrogen and oxygen atoms in total. The number of ketones is 1. The smallest absolute Gasteiger partial charge is 0.328 e. The lowest BCUT2D eigenvalue weighted by atomic mass is 9.99. The normalized spacial score (nSPS) is 14.2. The maximum atomic E-state index is 12.6. The van der Waals surface area contributed by atoms with Gasteiger partial charge >= 0.3 is 12.4 Å². The molecule has 112 valence electrons. The lowest BCUT2D eigenvalue weighted by molar-refractivity contribution is -0.143. The fourth-order valence-corrected chi connectivity index (χ4v) is 1.53. The third kappa shape index (κ3) is 4.22. The van der Waals surface area contributed by atoms with Crippen molar-refractivity contribution in [3.8, 4) is 0 Å². The predicted octanol–water partition coefficient (Wildman–Crippen LogP) is 3.64. The Hall–Kier alpha value is -1.57. The van der Waals surface area contributed by atoms with Gasteiger partial charge in [-0.05, 0) is 25.1 Å². The highest BCUT2D eigenvalue weighted by Gasteiger charge is 2.37. The highest BCUT2D eigenvalue weighted by atomic mass is 19.4. The molecule has 1 unspecified atom stereocenters. The van der Waals surface area contributed by atoms with Crippen molar-refractivity contribution in [3.63, 3.8) is 0 Å². The Morgan fingerprint density at radius 1 is 1.05 bits per heavy atom. The van der Waals surface area contributed by atoms with Crippen molar-refractivity contribution in [2.45, 2.75) is 31.7 Å². The summed E-state index contributed by atoms with van der Waals surface area (Å²) in [5, 5.41) is 0. The Bertz CT molecular complexity index is 471.